The van der Waals surface area contributed by atoms with Crippen molar-refractivity contribution in [2.24, 2.45) is 0 Å². The van der Waals surface area contributed by atoms with E-state index in [2.05, 4.69) is 4.98 Å². The molecular weight excluding hydrogens is 440 g/mol. The molecular formula is C25H28N2O7. The van der Waals surface area contributed by atoms with E-state index in [1.165, 1.54) is 6.07 Å². The maximum absolute atomic E-state index is 13.2. The number of hydrogen-bond acceptors (Lipinski definition) is 8. The Morgan fingerprint density at radius 2 is 1.50 bits per heavy atom. The van der Waals surface area contributed by atoms with Gasteiger partial charge in [0.15, 0.2) is 5.58 Å². The van der Waals surface area contributed by atoms with Crippen molar-refractivity contribution < 1.29 is 39.9 Å². The van der Waals surface area contributed by atoms with Crippen molar-refractivity contribution in [3.8, 4) is 11.5 Å². The van der Waals surface area contributed by atoms with Gasteiger partial charge in [-0.15, -0.1) is 0 Å². The van der Waals surface area contributed by atoms with Crippen LogP contribution in [0.2, 0.25) is 0 Å². The van der Waals surface area contributed by atoms with Crippen molar-refractivity contribution in [1.29, 1.82) is 0 Å². The summed E-state index contributed by atoms with van der Waals surface area (Å²) in [6.45, 7) is 9.54. The van der Waals surface area contributed by atoms with Crippen LogP contribution in [0.3, 0.4) is 0 Å². The van der Waals surface area contributed by atoms with Gasteiger partial charge in [-0.25, -0.2) is 19.4 Å². The molecule has 0 saturated carbocycles. The summed E-state index contributed by atoms with van der Waals surface area (Å²) in [6.07, 6.45) is -2.29. The van der Waals surface area contributed by atoms with E-state index in [1.807, 2.05) is 0 Å². The molecule has 0 aliphatic heterocycles. The van der Waals surface area contributed by atoms with Gasteiger partial charge in [0.05, 0.1) is 25.2 Å². The van der Waals surface area contributed by atoms with E-state index in [1.54, 1.807) is 41.5 Å². The van der Waals surface area contributed by atoms with Crippen LogP contribution in [-0.2, 0) is 14.2 Å². The largest absolute Gasteiger partial charge is 0.465 e. The van der Waals surface area contributed by atoms with Gasteiger partial charge in [0, 0.05) is 5.56 Å². The lowest BCUT2D eigenvalue weighted by molar-refractivity contribution is 0.0430. The molecule has 180 valence electrons. The average molecular weight is 474 g/mol. The first-order chi connectivity index (χ1) is 17.9. The first-order valence-electron chi connectivity index (χ1n) is 12.7. The zero-order valence-electron chi connectivity index (χ0n) is 24.9. The number of amides is 2. The molecule has 9 nitrogen and oxygen atoms in total. The van der Waals surface area contributed by atoms with Crippen LogP contribution >= 0.6 is 0 Å². The normalized spacial score (nSPS) is 13.8. The first kappa shape index (κ1) is 18.5. The number of carbonyl (C=O) groups is 3. The summed E-state index contributed by atoms with van der Waals surface area (Å²) >= 11 is 0. The second kappa shape index (κ2) is 9.17. The summed E-state index contributed by atoms with van der Waals surface area (Å²) in [5, 5.41) is 0. The summed E-state index contributed by atoms with van der Waals surface area (Å²) in [4.78, 5) is 43.9. The SMILES string of the molecule is [2H]c1c([2H])c([2H])c(-c2nc3cc(N(C(=O)OC(C)(C)C)C(=O)OC(C)(C)C)c(C(=O)OC)cc3o2)c([2H])c1[2H]. The number of hydrogen-bond donors (Lipinski definition) is 0. The molecule has 2 amide bonds. The minimum Gasteiger partial charge on any atom is -0.465 e. The van der Waals surface area contributed by atoms with Crippen LogP contribution in [0.5, 0.6) is 0 Å². The fourth-order valence-electron chi connectivity index (χ4n) is 2.77. The van der Waals surface area contributed by atoms with E-state index in [0.29, 0.717) is 4.90 Å². The number of nitrogens with zero attached hydrogens (tertiary/aromatic N) is 2. The van der Waals surface area contributed by atoms with Gasteiger partial charge in [-0.3, -0.25) is 0 Å². The fraction of sp³-hybridized carbons (Fsp3) is 0.360. The van der Waals surface area contributed by atoms with Gasteiger partial charge in [0.2, 0.25) is 5.89 Å². The van der Waals surface area contributed by atoms with Crippen molar-refractivity contribution >= 4 is 34.9 Å². The molecule has 0 unspecified atom stereocenters. The first-order valence-corrected chi connectivity index (χ1v) is 10.2. The Kier molecular flexibility index (Phi) is 5.00. The highest BCUT2D eigenvalue weighted by atomic mass is 16.6. The van der Waals surface area contributed by atoms with E-state index in [-0.39, 0.29) is 33.8 Å². The molecule has 34 heavy (non-hydrogen) atoms. The Morgan fingerprint density at radius 1 is 0.941 bits per heavy atom. The van der Waals surface area contributed by atoms with Gasteiger partial charge in [-0.2, -0.15) is 4.90 Å². The van der Waals surface area contributed by atoms with Gasteiger partial charge in [-0.1, -0.05) is 18.1 Å². The van der Waals surface area contributed by atoms with Gasteiger partial charge >= 0.3 is 18.2 Å². The molecule has 0 radical (unpaired) electrons. The lowest BCUT2D eigenvalue weighted by Crippen LogP contribution is -2.44. The third-order valence-corrected chi connectivity index (χ3v) is 4.02. The van der Waals surface area contributed by atoms with Crippen molar-refractivity contribution in [1.82, 2.24) is 4.98 Å². The number of oxazole rings is 1. The van der Waals surface area contributed by atoms with Crippen LogP contribution in [0.4, 0.5) is 15.3 Å². The zero-order valence-corrected chi connectivity index (χ0v) is 19.9. The summed E-state index contributed by atoms with van der Waals surface area (Å²) in [6, 6.07) is -0.543. The van der Waals surface area contributed by atoms with Crippen LogP contribution < -0.4 is 4.90 Å². The van der Waals surface area contributed by atoms with Crippen molar-refractivity contribution in [3.05, 3.63) is 47.9 Å². The Hall–Kier alpha value is -3.88. The van der Waals surface area contributed by atoms with Crippen LogP contribution in [0.15, 0.2) is 46.8 Å². The number of benzene rings is 2. The van der Waals surface area contributed by atoms with Gasteiger partial charge in [0.1, 0.15) is 16.7 Å². The molecule has 2 aromatic carbocycles. The Bertz CT molecular complexity index is 1430. The number of methoxy groups -OCH3 is 1. The molecule has 0 spiro atoms. The number of esters is 1. The zero-order chi connectivity index (χ0) is 29.6. The standard InChI is InChI=1S/C25H28N2O7/c1-24(2,3)33-22(29)27(23(30)34-25(4,5)6)18-14-17-19(13-16(18)21(28)31-7)32-20(26-17)15-11-9-8-10-12-15/h8-14H,1-7H3/i8D,9D,10D,11D,12D. The van der Waals surface area contributed by atoms with Gasteiger partial charge in [-0.05, 0) is 65.8 Å². The minimum absolute atomic E-state index is 0.00317. The summed E-state index contributed by atoms with van der Waals surface area (Å²) < 4.78 is 61.3. The smallest absolute Gasteiger partial charge is 0.424 e. The summed E-state index contributed by atoms with van der Waals surface area (Å²) in [7, 11) is 1.10. The van der Waals surface area contributed by atoms with Crippen molar-refractivity contribution in [2.45, 2.75) is 52.7 Å². The molecule has 1 aromatic heterocycles. The Balaban J connectivity index is 2.31. The number of aromatic nitrogens is 1. The van der Waals surface area contributed by atoms with E-state index < -0.39 is 59.6 Å². The van der Waals surface area contributed by atoms with E-state index >= 15 is 0 Å². The lowest BCUT2D eigenvalue weighted by Gasteiger charge is -2.29. The minimum atomic E-state index is -1.14. The third kappa shape index (κ3) is 5.72. The monoisotopic (exact) mass is 473 g/mol. The molecule has 0 bridgehead atoms. The highest BCUT2D eigenvalue weighted by molar-refractivity contribution is 6.15. The van der Waals surface area contributed by atoms with Crippen molar-refractivity contribution in [3.63, 3.8) is 0 Å². The predicted molar refractivity (Wildman–Crippen MR) is 126 cm³/mol. The maximum Gasteiger partial charge on any atom is 0.424 e. The second-order valence-electron chi connectivity index (χ2n) is 9.14. The Labute approximate surface area is 204 Å². The molecule has 0 fully saturated rings. The highest BCUT2D eigenvalue weighted by Crippen LogP contribution is 2.33. The third-order valence-electron chi connectivity index (χ3n) is 4.02. The average Bonchev–Trinajstić information content (AvgIpc) is 3.20. The van der Waals surface area contributed by atoms with Crippen LogP contribution in [0.25, 0.3) is 22.6 Å². The molecule has 0 aliphatic carbocycles. The van der Waals surface area contributed by atoms with E-state index in [4.69, 9.17) is 25.5 Å². The van der Waals surface area contributed by atoms with Gasteiger partial charge in [0.25, 0.3) is 0 Å². The topological polar surface area (TPSA) is 108 Å². The molecule has 3 aromatic rings. The highest BCUT2D eigenvalue weighted by Gasteiger charge is 2.36. The van der Waals surface area contributed by atoms with Crippen LogP contribution in [0.1, 0.15) is 58.8 Å². The number of carbonyl (C=O) groups excluding carboxylic acids is 3. The van der Waals surface area contributed by atoms with Crippen molar-refractivity contribution in [2.75, 3.05) is 12.0 Å². The number of ether oxygens (including phenoxy) is 3. The maximum atomic E-state index is 13.2. The number of imide groups is 1. The molecule has 9 heteroatoms. The molecule has 3 rings (SSSR count). The van der Waals surface area contributed by atoms with E-state index in [9.17, 15) is 14.4 Å². The Morgan fingerprint density at radius 3 is 2.00 bits per heavy atom. The number of fused-ring (bicyclic) bond motifs is 1. The predicted octanol–water partition coefficient (Wildman–Crippen LogP) is 5.96. The molecule has 1 heterocycles. The quantitative estimate of drug-likeness (QED) is 0.339. The molecule has 0 N–H and O–H groups in total. The van der Waals surface area contributed by atoms with Crippen LogP contribution in [0, 0.1) is 0 Å². The lowest BCUT2D eigenvalue weighted by atomic mass is 10.1. The van der Waals surface area contributed by atoms with Gasteiger partial charge < -0.3 is 18.6 Å². The number of anilines is 1. The molecule has 0 aliphatic rings. The molecule has 0 saturated heterocycles. The fourth-order valence-corrected chi connectivity index (χ4v) is 2.77. The molecule has 0 atom stereocenters. The second-order valence-corrected chi connectivity index (χ2v) is 9.14. The summed E-state index contributed by atoms with van der Waals surface area (Å²) in [5.74, 6) is -1.28. The van der Waals surface area contributed by atoms with Crippen LogP contribution in [-0.4, -0.2) is 41.5 Å². The summed E-state index contributed by atoms with van der Waals surface area (Å²) in [5.41, 5.74) is -2.98. The van der Waals surface area contributed by atoms with E-state index in [0.717, 1.165) is 13.2 Å². The number of rotatable bonds is 3.